The lowest BCUT2D eigenvalue weighted by Crippen LogP contribution is -2.21. The van der Waals surface area contributed by atoms with E-state index in [1.165, 1.54) is 25.0 Å². The fourth-order valence-electron chi connectivity index (χ4n) is 2.06. The number of aryl methyl sites for hydroxylation is 2. The van der Waals surface area contributed by atoms with Crippen LogP contribution in [0.3, 0.4) is 0 Å². The first kappa shape index (κ1) is 11.6. The third-order valence-electron chi connectivity index (χ3n) is 3.04. The van der Waals surface area contributed by atoms with Gasteiger partial charge in [0.05, 0.1) is 11.4 Å². The van der Waals surface area contributed by atoms with Crippen molar-refractivity contribution in [1.29, 1.82) is 0 Å². The molecular formula is C11H20N4S. The molecule has 1 unspecified atom stereocenters. The molecule has 1 aliphatic rings. The molecule has 16 heavy (non-hydrogen) atoms. The number of hydrogen-bond acceptors (Lipinski definition) is 4. The second-order valence-corrected chi connectivity index (χ2v) is 5.75. The average molecular weight is 240 g/mol. The molecule has 0 radical (unpaired) electrons. The number of rotatable bonds is 3. The number of nitrogens with zero attached hydrogens (tertiary/aromatic N) is 2. The second-order valence-electron chi connectivity index (χ2n) is 4.34. The maximum absolute atomic E-state index is 5.97. The van der Waals surface area contributed by atoms with Crippen molar-refractivity contribution in [1.82, 2.24) is 9.78 Å². The van der Waals surface area contributed by atoms with Crippen LogP contribution in [0.15, 0.2) is 0 Å². The molecule has 1 aromatic rings. The first-order chi connectivity index (χ1) is 7.68. The number of nitrogen functional groups attached to an aromatic ring is 1. The van der Waals surface area contributed by atoms with Crippen molar-refractivity contribution in [3.8, 4) is 0 Å². The monoisotopic (exact) mass is 240 g/mol. The maximum atomic E-state index is 5.97. The Labute approximate surface area is 101 Å². The molecule has 0 aromatic carbocycles. The van der Waals surface area contributed by atoms with Gasteiger partial charge in [-0.05, 0) is 25.5 Å². The quantitative estimate of drug-likeness (QED) is 0.848. The van der Waals surface area contributed by atoms with Gasteiger partial charge in [0.1, 0.15) is 5.82 Å². The van der Waals surface area contributed by atoms with Gasteiger partial charge in [-0.3, -0.25) is 4.68 Å². The van der Waals surface area contributed by atoms with Crippen molar-refractivity contribution >= 4 is 23.3 Å². The van der Waals surface area contributed by atoms with Crippen molar-refractivity contribution in [2.75, 3.05) is 23.3 Å². The van der Waals surface area contributed by atoms with E-state index < -0.39 is 0 Å². The summed E-state index contributed by atoms with van der Waals surface area (Å²) in [6.45, 7) is 2.93. The van der Waals surface area contributed by atoms with E-state index in [-0.39, 0.29) is 0 Å². The molecule has 4 nitrogen and oxygen atoms in total. The smallest absolute Gasteiger partial charge is 0.147 e. The van der Waals surface area contributed by atoms with Crippen molar-refractivity contribution in [2.24, 2.45) is 7.05 Å². The average Bonchev–Trinajstić information content (AvgIpc) is 2.53. The van der Waals surface area contributed by atoms with Crippen LogP contribution in [-0.4, -0.2) is 27.3 Å². The largest absolute Gasteiger partial charge is 0.394 e. The second kappa shape index (κ2) is 4.99. The summed E-state index contributed by atoms with van der Waals surface area (Å²) in [6, 6.07) is 0. The van der Waals surface area contributed by atoms with Gasteiger partial charge >= 0.3 is 0 Å². The Morgan fingerprint density at radius 3 is 2.94 bits per heavy atom. The first-order valence-electron chi connectivity index (χ1n) is 5.83. The SMILES string of the molecule is Cc1nn(C)c(NCC2CCCCS2)c1N. The Hall–Kier alpha value is -0.840. The molecule has 0 saturated carbocycles. The van der Waals surface area contributed by atoms with E-state index in [0.717, 1.165) is 29.0 Å². The molecule has 2 heterocycles. The molecule has 1 aliphatic heterocycles. The lowest BCUT2D eigenvalue weighted by Gasteiger charge is -2.22. The Kier molecular flexibility index (Phi) is 3.63. The molecule has 0 bridgehead atoms. The van der Waals surface area contributed by atoms with E-state index >= 15 is 0 Å². The fraction of sp³-hybridized carbons (Fsp3) is 0.727. The molecule has 0 spiro atoms. The molecule has 3 N–H and O–H groups in total. The number of hydrogen-bond donors (Lipinski definition) is 2. The first-order valence-corrected chi connectivity index (χ1v) is 6.88. The molecule has 90 valence electrons. The fourth-order valence-corrected chi connectivity index (χ4v) is 3.30. The number of nitrogens with one attached hydrogen (secondary N) is 1. The van der Waals surface area contributed by atoms with Gasteiger partial charge in [0, 0.05) is 18.8 Å². The van der Waals surface area contributed by atoms with Gasteiger partial charge in [0.25, 0.3) is 0 Å². The van der Waals surface area contributed by atoms with Gasteiger partial charge < -0.3 is 11.1 Å². The van der Waals surface area contributed by atoms with Gasteiger partial charge in [0.2, 0.25) is 0 Å². The minimum Gasteiger partial charge on any atom is -0.394 e. The highest BCUT2D eigenvalue weighted by atomic mass is 32.2. The lowest BCUT2D eigenvalue weighted by molar-refractivity contribution is 0.672. The zero-order chi connectivity index (χ0) is 11.5. The minimum atomic E-state index is 0.725. The van der Waals surface area contributed by atoms with Crippen molar-refractivity contribution in [3.63, 3.8) is 0 Å². The van der Waals surface area contributed by atoms with E-state index in [9.17, 15) is 0 Å². The summed E-state index contributed by atoms with van der Waals surface area (Å²) in [6.07, 6.45) is 4.04. The summed E-state index contributed by atoms with van der Waals surface area (Å²) in [7, 11) is 1.93. The van der Waals surface area contributed by atoms with Gasteiger partial charge in [-0.15, -0.1) is 0 Å². The van der Waals surface area contributed by atoms with Crippen LogP contribution in [0.5, 0.6) is 0 Å². The van der Waals surface area contributed by atoms with Crippen molar-refractivity contribution in [2.45, 2.75) is 31.4 Å². The molecule has 1 atom stereocenters. The van der Waals surface area contributed by atoms with Crippen molar-refractivity contribution in [3.05, 3.63) is 5.69 Å². The van der Waals surface area contributed by atoms with E-state index in [0.29, 0.717) is 0 Å². The van der Waals surface area contributed by atoms with Gasteiger partial charge in [-0.25, -0.2) is 0 Å². The minimum absolute atomic E-state index is 0.725. The van der Waals surface area contributed by atoms with Crippen LogP contribution in [0.4, 0.5) is 11.5 Å². The van der Waals surface area contributed by atoms with Crippen molar-refractivity contribution < 1.29 is 0 Å². The standard InChI is InChI=1S/C11H20N4S/c1-8-10(12)11(15(2)14-8)13-7-9-5-3-4-6-16-9/h9,13H,3-7,12H2,1-2H3. The number of aromatic nitrogens is 2. The summed E-state index contributed by atoms with van der Waals surface area (Å²) in [4.78, 5) is 0. The van der Waals surface area contributed by atoms with E-state index in [1.807, 2.05) is 18.7 Å². The van der Waals surface area contributed by atoms with Crippen LogP contribution >= 0.6 is 11.8 Å². The van der Waals surface area contributed by atoms with Crippen LogP contribution in [0, 0.1) is 6.92 Å². The van der Waals surface area contributed by atoms with Crippen LogP contribution in [0.25, 0.3) is 0 Å². The highest BCUT2D eigenvalue weighted by molar-refractivity contribution is 7.99. The molecule has 0 aliphatic carbocycles. The number of thioether (sulfide) groups is 1. The Balaban J connectivity index is 1.93. The summed E-state index contributed by atoms with van der Waals surface area (Å²) >= 11 is 2.07. The predicted octanol–water partition coefficient (Wildman–Crippen LogP) is 2.01. The molecule has 2 rings (SSSR count). The molecule has 1 fully saturated rings. The summed E-state index contributed by atoms with van der Waals surface area (Å²) in [5, 5.41) is 8.45. The van der Waals surface area contributed by atoms with E-state index in [2.05, 4.69) is 22.2 Å². The molecule has 1 saturated heterocycles. The third-order valence-corrected chi connectivity index (χ3v) is 4.44. The Morgan fingerprint density at radius 1 is 1.56 bits per heavy atom. The molecule has 1 aromatic heterocycles. The van der Waals surface area contributed by atoms with Crippen LogP contribution < -0.4 is 11.1 Å². The Bertz CT molecular complexity index is 355. The van der Waals surface area contributed by atoms with Gasteiger partial charge in [-0.2, -0.15) is 16.9 Å². The molecule has 5 heteroatoms. The van der Waals surface area contributed by atoms with Gasteiger partial charge in [0.15, 0.2) is 0 Å². The van der Waals surface area contributed by atoms with Crippen LogP contribution in [-0.2, 0) is 7.05 Å². The summed E-state index contributed by atoms with van der Waals surface area (Å²) < 4.78 is 1.83. The molecular weight excluding hydrogens is 220 g/mol. The predicted molar refractivity (Wildman–Crippen MR) is 70.9 cm³/mol. The highest BCUT2D eigenvalue weighted by Gasteiger charge is 2.15. The molecule has 0 amide bonds. The number of nitrogens with two attached hydrogens (primary N) is 1. The zero-order valence-corrected chi connectivity index (χ0v) is 10.8. The Morgan fingerprint density at radius 2 is 2.38 bits per heavy atom. The topological polar surface area (TPSA) is 55.9 Å². The number of anilines is 2. The van der Waals surface area contributed by atoms with Crippen LogP contribution in [0.1, 0.15) is 25.0 Å². The summed E-state index contributed by atoms with van der Waals surface area (Å²) in [5.41, 5.74) is 7.65. The zero-order valence-electron chi connectivity index (χ0n) is 9.99. The third kappa shape index (κ3) is 2.45. The highest BCUT2D eigenvalue weighted by Crippen LogP contribution is 2.27. The van der Waals surface area contributed by atoms with Gasteiger partial charge in [-0.1, -0.05) is 6.42 Å². The normalized spacial score (nSPS) is 21.0. The van der Waals surface area contributed by atoms with Crippen LogP contribution in [0.2, 0.25) is 0 Å². The maximum Gasteiger partial charge on any atom is 0.147 e. The lowest BCUT2D eigenvalue weighted by atomic mass is 10.2. The summed E-state index contributed by atoms with van der Waals surface area (Å²) in [5.74, 6) is 2.26. The van der Waals surface area contributed by atoms with E-state index in [1.54, 1.807) is 0 Å². The van der Waals surface area contributed by atoms with E-state index in [4.69, 9.17) is 5.73 Å².